The lowest BCUT2D eigenvalue weighted by atomic mass is 9.21. The maximum atomic E-state index is 13.7. The fraction of sp³-hybridized carbons (Fsp3) is 0.818. The van der Waals surface area contributed by atoms with Gasteiger partial charge in [0.15, 0.2) is 0 Å². The van der Waals surface area contributed by atoms with Gasteiger partial charge in [-0.3, -0.25) is 9.59 Å². The highest BCUT2D eigenvalue weighted by Crippen LogP contribution is 3.19. The molecular weight excluding hydrogens is 352 g/mol. The minimum absolute atomic E-state index is 0.00705. The Bertz CT molecular complexity index is 1150. The van der Waals surface area contributed by atoms with Crippen molar-refractivity contribution in [3.63, 3.8) is 0 Å². The van der Waals surface area contributed by atoms with Crippen molar-refractivity contribution in [3.05, 3.63) is 11.1 Å². The molecule has 16 saturated carbocycles. The molecule has 0 aliphatic heterocycles. The summed E-state index contributed by atoms with van der Waals surface area (Å²) in [4.78, 5) is 34.7. The van der Waals surface area contributed by atoms with E-state index in [4.69, 9.17) is 0 Å². The predicted molar refractivity (Wildman–Crippen MR) is 88.1 cm³/mol. The zero-order valence-electron chi connectivity index (χ0n) is 14.9. The van der Waals surface area contributed by atoms with Gasteiger partial charge in [-0.1, -0.05) is 0 Å². The van der Waals surface area contributed by atoms with E-state index < -0.39 is 0 Å². The molecule has 6 heteroatoms. The lowest BCUT2D eigenvalue weighted by Gasteiger charge is -2.79. The Morgan fingerprint density at radius 2 is 0.964 bits per heavy atom. The van der Waals surface area contributed by atoms with E-state index in [1.807, 2.05) is 0 Å². The molecule has 0 aromatic rings. The van der Waals surface area contributed by atoms with Crippen LogP contribution in [-0.2, 0) is 9.59 Å². The van der Waals surface area contributed by atoms with Crippen LogP contribution in [0.4, 0.5) is 0 Å². The second kappa shape index (κ2) is 2.66. The molecule has 16 aliphatic carbocycles. The zero-order valence-corrected chi connectivity index (χ0v) is 14.9. The molecule has 0 aromatic carbocycles. The molecule has 16 bridgehead atoms. The van der Waals surface area contributed by atoms with Crippen molar-refractivity contribution in [3.8, 4) is 0 Å². The fourth-order valence-corrected chi connectivity index (χ4v) is 16.4. The Kier molecular flexibility index (Phi) is 1.20. The van der Waals surface area contributed by atoms with Crippen LogP contribution >= 0.6 is 0 Å². The van der Waals surface area contributed by atoms with Crippen LogP contribution in [0.15, 0.2) is 0 Å². The second-order valence-electron chi connectivity index (χ2n) is 12.3. The molecule has 0 N–H and O–H groups in total. The normalized spacial score (nSPS) is 81.1. The molecule has 16 rings (SSSR count). The molecular formula is C22H16N4O2. The average molecular weight is 368 g/mol. The van der Waals surface area contributed by atoms with Crippen LogP contribution in [0.5, 0.6) is 0 Å². The number of ketones is 2. The van der Waals surface area contributed by atoms with Gasteiger partial charge >= 0.3 is 11.4 Å². The molecule has 136 valence electrons. The summed E-state index contributed by atoms with van der Waals surface area (Å²) >= 11 is 0. The topological polar surface area (TPSA) is 107 Å². The van der Waals surface area contributed by atoms with Gasteiger partial charge in [-0.2, -0.15) is 9.58 Å². The van der Waals surface area contributed by atoms with Crippen LogP contribution in [0.1, 0.15) is 12.8 Å². The van der Waals surface area contributed by atoms with E-state index in [0.29, 0.717) is 35.1 Å². The van der Waals surface area contributed by atoms with Crippen molar-refractivity contribution >= 4 is 23.0 Å². The third-order valence-electron chi connectivity index (χ3n) is 14.2. The molecule has 0 saturated heterocycles. The first-order valence-electron chi connectivity index (χ1n) is 11.2. The summed E-state index contributed by atoms with van der Waals surface area (Å²) in [7, 11) is 0. The Morgan fingerprint density at radius 3 is 1.32 bits per heavy atom. The van der Waals surface area contributed by atoms with Gasteiger partial charge in [-0.25, -0.2) is 0 Å². The first-order chi connectivity index (χ1) is 13.7. The molecule has 12 unspecified atom stereocenters. The third-order valence-corrected chi connectivity index (χ3v) is 14.2. The highest BCUT2D eigenvalue weighted by Gasteiger charge is 3.21. The van der Waals surface area contributed by atoms with E-state index in [1.54, 1.807) is 0 Å². The van der Waals surface area contributed by atoms with Crippen molar-refractivity contribution in [1.29, 1.82) is 0 Å². The Morgan fingerprint density at radius 1 is 0.607 bits per heavy atom. The van der Waals surface area contributed by atoms with Crippen LogP contribution in [0.2, 0.25) is 0 Å². The summed E-state index contributed by atoms with van der Waals surface area (Å²) in [5.74, 6) is 4.51. The van der Waals surface area contributed by atoms with Crippen LogP contribution in [0.3, 0.4) is 0 Å². The lowest BCUT2D eigenvalue weighted by molar-refractivity contribution is -0.336. The summed E-state index contributed by atoms with van der Waals surface area (Å²) in [6.45, 7) is 0. The van der Waals surface area contributed by atoms with Gasteiger partial charge in [-0.05, 0) is 71.0 Å². The Hall–Kier alpha value is -1.90. The van der Waals surface area contributed by atoms with Crippen molar-refractivity contribution < 1.29 is 19.2 Å². The van der Waals surface area contributed by atoms with Crippen LogP contribution in [-0.4, -0.2) is 32.6 Å². The van der Waals surface area contributed by atoms with Gasteiger partial charge in [0.05, 0.1) is 11.8 Å². The average Bonchev–Trinajstić information content (AvgIpc) is 3.43. The summed E-state index contributed by atoms with van der Waals surface area (Å²) in [6.07, 6.45) is 2.51. The first-order valence-corrected chi connectivity index (χ1v) is 11.2. The quantitative estimate of drug-likeness (QED) is 0.464. The lowest BCUT2D eigenvalue weighted by Crippen LogP contribution is -2.83. The standard InChI is InChI=1S/C22H16N4O2/c23-25-15-11-9-10-12-16(26-24)18(28)14(9)22-6-2-4-8-5-1-3(7(6)8)19(11,22)21(5,20(4,12)22)13(10)17(15)27/h3-14H,1-2H2. The number of carbonyl (C=O) groups excluding carboxylic acids is 2. The van der Waals surface area contributed by atoms with E-state index in [2.05, 4.69) is 9.58 Å². The maximum Gasteiger partial charge on any atom is 0.338 e. The number of Topliss-reactive ketones (excluding diaryl/α,β-unsaturated/α-hetero) is 2. The van der Waals surface area contributed by atoms with E-state index in [-0.39, 0.29) is 68.7 Å². The van der Waals surface area contributed by atoms with Gasteiger partial charge in [0, 0.05) is 22.7 Å². The van der Waals surface area contributed by atoms with E-state index >= 15 is 0 Å². The molecule has 28 heavy (non-hydrogen) atoms. The first kappa shape index (κ1) is 12.6. The summed E-state index contributed by atoms with van der Waals surface area (Å²) < 4.78 is 0. The Labute approximate surface area is 159 Å². The van der Waals surface area contributed by atoms with E-state index in [9.17, 15) is 20.7 Å². The number of hydrogen-bond acceptors (Lipinski definition) is 2. The number of nitrogens with zero attached hydrogens (tertiary/aromatic N) is 4. The van der Waals surface area contributed by atoms with Gasteiger partial charge < -0.3 is 11.1 Å². The van der Waals surface area contributed by atoms with Crippen molar-refractivity contribution in [2.75, 3.05) is 0 Å². The molecule has 0 aromatic heterocycles. The molecule has 0 heterocycles. The molecule has 0 radical (unpaired) electrons. The Balaban J connectivity index is 1.47. The number of carbonyl (C=O) groups is 2. The van der Waals surface area contributed by atoms with Crippen molar-refractivity contribution in [2.45, 2.75) is 12.8 Å². The second-order valence-corrected chi connectivity index (χ2v) is 12.3. The van der Waals surface area contributed by atoms with Crippen LogP contribution in [0.25, 0.3) is 11.1 Å². The predicted octanol–water partition coefficient (Wildman–Crippen LogP) is 0.736. The molecule has 12 atom stereocenters. The van der Waals surface area contributed by atoms with Crippen molar-refractivity contribution in [1.82, 2.24) is 0 Å². The van der Waals surface area contributed by atoms with Gasteiger partial charge in [0.1, 0.15) is 0 Å². The summed E-state index contributed by atoms with van der Waals surface area (Å²) in [5, 5.41) is 0. The minimum Gasteiger partial charge on any atom is -0.361 e. The highest BCUT2D eigenvalue weighted by molar-refractivity contribution is 6.46. The molecule has 16 aliphatic rings. The minimum atomic E-state index is -0.0679. The summed E-state index contributed by atoms with van der Waals surface area (Å²) in [5.41, 5.74) is 21.0. The van der Waals surface area contributed by atoms with Crippen molar-refractivity contribution in [2.24, 2.45) is 92.7 Å². The van der Waals surface area contributed by atoms with Gasteiger partial charge in [-0.15, -0.1) is 0 Å². The number of hydrogen-bond donors (Lipinski definition) is 0. The monoisotopic (exact) mass is 368 g/mol. The molecule has 4 spiro atoms. The van der Waals surface area contributed by atoms with Crippen LogP contribution < -0.4 is 0 Å². The SMILES string of the molecule is [N-]=[N+]=C1C(=O)C2C3C4C5C(=O)C(=[N+]=[N-])C3C36C7CC8C9C7C7CC9C(C14)(C853)C726. The van der Waals surface area contributed by atoms with Gasteiger partial charge in [0.2, 0.25) is 11.6 Å². The molecule has 0 amide bonds. The number of fused-ring (bicyclic) bond motifs is 2. The third kappa shape index (κ3) is 0.514. The van der Waals surface area contributed by atoms with Crippen LogP contribution in [0, 0.1) is 92.7 Å². The highest BCUT2D eigenvalue weighted by atomic mass is 16.1. The van der Waals surface area contributed by atoms with Gasteiger partial charge in [0.25, 0.3) is 0 Å². The summed E-state index contributed by atoms with van der Waals surface area (Å²) in [6, 6.07) is 0. The largest absolute Gasteiger partial charge is 0.361 e. The number of rotatable bonds is 0. The fourth-order valence-electron chi connectivity index (χ4n) is 16.4. The van der Waals surface area contributed by atoms with E-state index in [1.165, 1.54) is 12.8 Å². The molecule has 6 nitrogen and oxygen atoms in total. The smallest absolute Gasteiger partial charge is 0.338 e. The molecule has 16 fully saturated rings. The maximum absolute atomic E-state index is 13.7. The van der Waals surface area contributed by atoms with E-state index in [0.717, 1.165) is 11.8 Å². The zero-order chi connectivity index (χ0) is 18.1.